The second-order valence-electron chi connectivity index (χ2n) is 25.2. The summed E-state index contributed by atoms with van der Waals surface area (Å²) in [6.45, 7) is 0. The Labute approximate surface area is 573 Å². The molecule has 0 saturated heterocycles. The molecule has 6 heteroatoms. The van der Waals surface area contributed by atoms with E-state index < -0.39 is 7.12 Å². The Bertz CT molecular complexity index is 6430. The molecule has 0 aliphatic carbocycles. The van der Waals surface area contributed by atoms with Gasteiger partial charge in [0, 0.05) is 26.0 Å². The summed E-state index contributed by atoms with van der Waals surface area (Å²) in [5, 5.41) is 43.8. The van der Waals surface area contributed by atoms with Crippen molar-refractivity contribution in [3.05, 3.63) is 344 Å². The van der Waals surface area contributed by atoms with Crippen LogP contribution in [0.1, 0.15) is 0 Å². The van der Waals surface area contributed by atoms with Crippen molar-refractivity contribution in [2.45, 2.75) is 0 Å². The molecule has 0 aliphatic rings. The number of halogens is 1. The Morgan fingerprint density at radius 2 is 0.520 bits per heavy atom. The molecule has 0 radical (unpaired) electrons. The molecule has 2 aromatic heterocycles. The number of furan rings is 2. The fraction of sp³-hybridized carbons (Fsp3) is 0. The molecule has 2 heterocycles. The van der Waals surface area contributed by atoms with Gasteiger partial charge in [0.25, 0.3) is 0 Å². The van der Waals surface area contributed by atoms with Crippen LogP contribution in [0.3, 0.4) is 0 Å². The first kappa shape index (κ1) is 58.7. The van der Waals surface area contributed by atoms with Gasteiger partial charge in [0.05, 0.1) is 0 Å². The molecule has 0 amide bonds. The highest BCUT2D eigenvalue weighted by molar-refractivity contribution is 9.10. The SMILES string of the molecule is Brc1ccc(-c2cccc3c2ccc2ccccc23)cc1.OB(O)c1c2ccccc2c(-c2ccc3oc4ccccc4c3c2)c2ccccc12.c1ccc2c(c1)ccc1c(-c3ccc(-c4c5ccccc5c(-c5ccc6oc7ccccc7c6c5)c5ccccc45)cc3)cccc12. The van der Waals surface area contributed by atoms with E-state index in [2.05, 4.69) is 271 Å². The predicted octanol–water partition coefficient (Wildman–Crippen LogP) is 24.9. The van der Waals surface area contributed by atoms with E-state index in [0.717, 1.165) is 81.0 Å². The minimum Gasteiger partial charge on any atom is -0.456 e. The van der Waals surface area contributed by atoms with Crippen molar-refractivity contribution in [2.24, 2.45) is 0 Å². The highest BCUT2D eigenvalue weighted by atomic mass is 79.9. The average molecular weight is 1320 g/mol. The van der Waals surface area contributed by atoms with Crippen LogP contribution in [-0.4, -0.2) is 17.2 Å². The summed E-state index contributed by atoms with van der Waals surface area (Å²) < 4.78 is 13.3. The molecular weight excluding hydrogens is 1260 g/mol. The zero-order valence-corrected chi connectivity index (χ0v) is 54.6. The second-order valence-corrected chi connectivity index (χ2v) is 26.1. The normalized spacial score (nSPS) is 11.6. The summed E-state index contributed by atoms with van der Waals surface area (Å²) in [5.41, 5.74) is 16.2. The fourth-order valence-electron chi connectivity index (χ4n) is 15.3. The third kappa shape index (κ3) is 10.1. The lowest BCUT2D eigenvalue weighted by Crippen LogP contribution is -2.31. The molecule has 18 aromatic carbocycles. The summed E-state index contributed by atoms with van der Waals surface area (Å²) >= 11 is 3.50. The van der Waals surface area contributed by atoms with E-state index in [1.165, 1.54) is 109 Å². The van der Waals surface area contributed by atoms with Crippen molar-refractivity contribution in [2.75, 3.05) is 0 Å². The van der Waals surface area contributed by atoms with Gasteiger partial charge in [-0.2, -0.15) is 0 Å². The highest BCUT2D eigenvalue weighted by Crippen LogP contribution is 2.47. The Morgan fingerprint density at radius 1 is 0.214 bits per heavy atom. The zero-order chi connectivity index (χ0) is 65.4. The van der Waals surface area contributed by atoms with Crippen molar-refractivity contribution in [1.29, 1.82) is 0 Å². The lowest BCUT2D eigenvalue weighted by molar-refractivity contribution is 0.426. The van der Waals surface area contributed by atoms with Crippen molar-refractivity contribution >= 4 is 159 Å². The minimum absolute atomic E-state index is 0.541. The maximum Gasteiger partial charge on any atom is 0.489 e. The van der Waals surface area contributed by atoms with E-state index in [1.54, 1.807) is 0 Å². The van der Waals surface area contributed by atoms with E-state index in [1.807, 2.05) is 84.9 Å². The van der Waals surface area contributed by atoms with Gasteiger partial charge in [-0.1, -0.05) is 307 Å². The fourth-order valence-corrected chi connectivity index (χ4v) is 15.6. The molecule has 0 aliphatic heterocycles. The smallest absolute Gasteiger partial charge is 0.456 e. The molecule has 0 unspecified atom stereocenters. The molecule has 20 aromatic rings. The van der Waals surface area contributed by atoms with Crippen LogP contribution in [0.15, 0.2) is 353 Å². The van der Waals surface area contributed by atoms with E-state index in [4.69, 9.17) is 8.83 Å². The molecule has 460 valence electrons. The van der Waals surface area contributed by atoms with E-state index >= 15 is 0 Å². The van der Waals surface area contributed by atoms with Crippen LogP contribution in [0.4, 0.5) is 0 Å². The third-order valence-electron chi connectivity index (χ3n) is 19.7. The molecular formula is C92H58BBrO4. The number of rotatable bonds is 6. The van der Waals surface area contributed by atoms with Gasteiger partial charge in [-0.15, -0.1) is 0 Å². The monoisotopic (exact) mass is 1320 g/mol. The highest BCUT2D eigenvalue weighted by Gasteiger charge is 2.24. The minimum atomic E-state index is -1.55. The van der Waals surface area contributed by atoms with Crippen LogP contribution in [-0.2, 0) is 0 Å². The molecule has 0 atom stereocenters. The maximum absolute atomic E-state index is 10.2. The van der Waals surface area contributed by atoms with Gasteiger partial charge in [-0.05, 0) is 196 Å². The van der Waals surface area contributed by atoms with Crippen molar-refractivity contribution in [3.8, 4) is 55.6 Å². The molecule has 20 rings (SSSR count). The van der Waals surface area contributed by atoms with E-state index in [9.17, 15) is 10.0 Å². The Kier molecular flexibility index (Phi) is 14.6. The number of hydrogen-bond donors (Lipinski definition) is 2. The topological polar surface area (TPSA) is 66.7 Å². The summed E-state index contributed by atoms with van der Waals surface area (Å²) in [7, 11) is -1.55. The van der Waals surface area contributed by atoms with Crippen molar-refractivity contribution in [3.63, 3.8) is 0 Å². The molecule has 0 saturated carbocycles. The van der Waals surface area contributed by atoms with Gasteiger partial charge in [0.15, 0.2) is 0 Å². The lowest BCUT2D eigenvalue weighted by Gasteiger charge is -2.18. The van der Waals surface area contributed by atoms with Crippen molar-refractivity contribution < 1.29 is 18.9 Å². The Balaban J connectivity index is 0.000000116. The average Bonchev–Trinajstić information content (AvgIpc) is 0.926. The quantitative estimate of drug-likeness (QED) is 0.0989. The second kappa shape index (κ2) is 24.4. The van der Waals surface area contributed by atoms with E-state index in [0.29, 0.717) is 5.46 Å². The lowest BCUT2D eigenvalue weighted by atomic mass is 9.72. The first-order chi connectivity index (χ1) is 48.4. The van der Waals surface area contributed by atoms with Gasteiger partial charge in [-0.3, -0.25) is 0 Å². The van der Waals surface area contributed by atoms with E-state index in [-0.39, 0.29) is 0 Å². The number of fused-ring (bicyclic) bond motifs is 16. The van der Waals surface area contributed by atoms with Gasteiger partial charge < -0.3 is 18.9 Å². The first-order valence-electron chi connectivity index (χ1n) is 33.1. The van der Waals surface area contributed by atoms with Crippen LogP contribution in [0.5, 0.6) is 0 Å². The first-order valence-corrected chi connectivity index (χ1v) is 33.9. The van der Waals surface area contributed by atoms with Crippen LogP contribution in [0.25, 0.3) is 186 Å². The number of para-hydroxylation sites is 2. The maximum atomic E-state index is 10.2. The summed E-state index contributed by atoms with van der Waals surface area (Å²) in [4.78, 5) is 0. The third-order valence-corrected chi connectivity index (χ3v) is 20.2. The largest absolute Gasteiger partial charge is 0.489 e. The molecule has 0 fully saturated rings. The van der Waals surface area contributed by atoms with Gasteiger partial charge >= 0.3 is 7.12 Å². The van der Waals surface area contributed by atoms with Gasteiger partial charge in [0.2, 0.25) is 0 Å². The van der Waals surface area contributed by atoms with Crippen LogP contribution in [0, 0.1) is 0 Å². The van der Waals surface area contributed by atoms with Crippen molar-refractivity contribution in [1.82, 2.24) is 0 Å². The molecule has 0 spiro atoms. The summed E-state index contributed by atoms with van der Waals surface area (Å²) in [6.07, 6.45) is 0. The van der Waals surface area contributed by atoms with Crippen LogP contribution >= 0.6 is 15.9 Å². The Hall–Kier alpha value is -11.9. The zero-order valence-electron chi connectivity index (χ0n) is 53.0. The van der Waals surface area contributed by atoms with Crippen LogP contribution in [0.2, 0.25) is 0 Å². The number of hydrogen-bond acceptors (Lipinski definition) is 4. The molecule has 98 heavy (non-hydrogen) atoms. The molecule has 0 bridgehead atoms. The van der Waals surface area contributed by atoms with Crippen LogP contribution < -0.4 is 5.46 Å². The summed E-state index contributed by atoms with van der Waals surface area (Å²) in [5.74, 6) is 0. The predicted molar refractivity (Wildman–Crippen MR) is 419 cm³/mol. The standard InChI is InChI=1S/C46H28O.C26H17BO3.C20H13Br/c1-2-11-33-29(10-1)24-26-36-34(17-9-18-35(33)36)30-20-22-31(23-21-30)45-38-13-3-5-15-40(38)46(41-16-6-4-14-39(41)45)32-25-27-44-42(28-32)37-12-7-8-19-43(37)47-44;28-27(29)26-20-10-3-1-8-18(20)25(19-9-2-4-11-21(19)26)16-13-14-24-22(15-16)17-7-5-6-12-23(17)30-24;21-16-11-8-15(9-12-16)18-6-3-7-19-17-5-2-1-4-14(17)10-13-20(18)19/h1-28H;1-15,28-29H;1-13H. The number of benzene rings is 18. The molecule has 4 nitrogen and oxygen atoms in total. The Morgan fingerprint density at radius 3 is 0.939 bits per heavy atom. The van der Waals surface area contributed by atoms with Gasteiger partial charge in [0.1, 0.15) is 22.3 Å². The van der Waals surface area contributed by atoms with Gasteiger partial charge in [-0.25, -0.2) is 0 Å². The molecule has 2 N–H and O–H groups in total. The summed E-state index contributed by atoms with van der Waals surface area (Å²) in [6, 6.07) is 120.